The highest BCUT2D eigenvalue weighted by Crippen LogP contribution is 2.30. The van der Waals surface area contributed by atoms with Crippen LogP contribution >= 0.6 is 0 Å². The van der Waals surface area contributed by atoms with Crippen LogP contribution in [-0.4, -0.2) is 63.3 Å². The first-order valence-corrected chi connectivity index (χ1v) is 10.3. The molecule has 0 aromatic heterocycles. The van der Waals surface area contributed by atoms with E-state index in [1.807, 2.05) is 0 Å². The third-order valence-electron chi connectivity index (χ3n) is 4.99. The molecule has 2 aromatic carbocycles. The molecule has 3 rings (SSSR count). The Hall–Kier alpha value is -3.31. The number of halogens is 3. The number of alkyl halides is 3. The number of amides is 3. The fourth-order valence-corrected chi connectivity index (χ4v) is 3.24. The van der Waals surface area contributed by atoms with Gasteiger partial charge in [0.2, 0.25) is 0 Å². The van der Waals surface area contributed by atoms with Crippen molar-refractivity contribution in [3.63, 3.8) is 0 Å². The quantitative estimate of drug-likeness (QED) is 0.582. The number of methoxy groups -OCH3 is 1. The fourth-order valence-electron chi connectivity index (χ4n) is 3.24. The summed E-state index contributed by atoms with van der Waals surface area (Å²) in [7, 11) is 1.41. The SMILES string of the molecule is COc1cc(NC(=O)Nc2ccc(C(F)(F)F)cc2)ccc1C(=O)NCCN1CCOCC1. The van der Waals surface area contributed by atoms with Gasteiger partial charge in [-0.05, 0) is 36.4 Å². The maximum Gasteiger partial charge on any atom is 0.416 e. The van der Waals surface area contributed by atoms with Crippen molar-refractivity contribution in [2.45, 2.75) is 6.18 Å². The van der Waals surface area contributed by atoms with Crippen LogP contribution < -0.4 is 20.7 Å². The maximum absolute atomic E-state index is 12.6. The molecule has 0 spiro atoms. The smallest absolute Gasteiger partial charge is 0.416 e. The molecule has 11 heteroatoms. The zero-order valence-electron chi connectivity index (χ0n) is 18.0. The summed E-state index contributed by atoms with van der Waals surface area (Å²) in [6, 6.07) is 7.97. The molecule has 1 heterocycles. The molecule has 0 aliphatic carbocycles. The van der Waals surface area contributed by atoms with E-state index in [0.717, 1.165) is 37.4 Å². The molecule has 8 nitrogen and oxygen atoms in total. The van der Waals surface area contributed by atoms with Crippen LogP contribution in [0.15, 0.2) is 42.5 Å². The molecule has 1 saturated heterocycles. The van der Waals surface area contributed by atoms with Gasteiger partial charge in [-0.1, -0.05) is 0 Å². The molecule has 178 valence electrons. The molecule has 0 bridgehead atoms. The van der Waals surface area contributed by atoms with Gasteiger partial charge in [0, 0.05) is 43.6 Å². The number of hydrogen-bond acceptors (Lipinski definition) is 5. The lowest BCUT2D eigenvalue weighted by Crippen LogP contribution is -2.41. The van der Waals surface area contributed by atoms with Crippen LogP contribution in [0.5, 0.6) is 5.75 Å². The summed E-state index contributed by atoms with van der Waals surface area (Å²) in [5.41, 5.74) is 0.0510. The Morgan fingerprint density at radius 1 is 1.03 bits per heavy atom. The van der Waals surface area contributed by atoms with Crippen molar-refractivity contribution in [2.24, 2.45) is 0 Å². The molecule has 1 fully saturated rings. The zero-order chi connectivity index (χ0) is 23.8. The van der Waals surface area contributed by atoms with E-state index < -0.39 is 17.8 Å². The van der Waals surface area contributed by atoms with Crippen LogP contribution in [0.1, 0.15) is 15.9 Å². The second kappa shape index (κ2) is 11.0. The molecule has 0 radical (unpaired) electrons. The van der Waals surface area contributed by atoms with E-state index >= 15 is 0 Å². The van der Waals surface area contributed by atoms with Crippen LogP contribution in [0.2, 0.25) is 0 Å². The summed E-state index contributed by atoms with van der Waals surface area (Å²) in [6.45, 7) is 4.20. The molecule has 33 heavy (non-hydrogen) atoms. The number of anilines is 2. The average Bonchev–Trinajstić information content (AvgIpc) is 2.79. The topological polar surface area (TPSA) is 91.9 Å². The van der Waals surface area contributed by atoms with Crippen molar-refractivity contribution < 1.29 is 32.2 Å². The molecular formula is C22H25F3N4O4. The number of carbonyl (C=O) groups excluding carboxylic acids is 2. The Morgan fingerprint density at radius 2 is 1.67 bits per heavy atom. The van der Waals surface area contributed by atoms with E-state index in [-0.39, 0.29) is 17.3 Å². The molecule has 3 amide bonds. The molecule has 1 aliphatic heterocycles. The lowest BCUT2D eigenvalue weighted by Gasteiger charge is -2.26. The normalized spacial score (nSPS) is 14.4. The van der Waals surface area contributed by atoms with Gasteiger partial charge in [-0.25, -0.2) is 4.79 Å². The third-order valence-corrected chi connectivity index (χ3v) is 4.99. The van der Waals surface area contributed by atoms with Crippen LogP contribution in [0.3, 0.4) is 0 Å². The minimum Gasteiger partial charge on any atom is -0.496 e. The Balaban J connectivity index is 1.54. The second-order valence-electron chi connectivity index (χ2n) is 7.28. The third kappa shape index (κ3) is 7.09. The predicted octanol–water partition coefficient (Wildman–Crippen LogP) is 3.42. The summed E-state index contributed by atoms with van der Waals surface area (Å²) in [5.74, 6) is -0.0351. The van der Waals surface area contributed by atoms with E-state index in [9.17, 15) is 22.8 Å². The Kier molecular flexibility index (Phi) is 8.12. The van der Waals surface area contributed by atoms with Gasteiger partial charge >= 0.3 is 12.2 Å². The fraction of sp³-hybridized carbons (Fsp3) is 0.364. The first kappa shape index (κ1) is 24.3. The van der Waals surface area contributed by atoms with E-state index in [4.69, 9.17) is 9.47 Å². The molecule has 2 aromatic rings. The Labute approximate surface area is 189 Å². The highest BCUT2D eigenvalue weighted by atomic mass is 19.4. The summed E-state index contributed by atoms with van der Waals surface area (Å²) >= 11 is 0. The van der Waals surface area contributed by atoms with E-state index in [1.165, 1.54) is 25.3 Å². The first-order valence-electron chi connectivity index (χ1n) is 10.3. The number of hydrogen-bond donors (Lipinski definition) is 3. The largest absolute Gasteiger partial charge is 0.496 e. The van der Waals surface area contributed by atoms with Crippen LogP contribution in [0.4, 0.5) is 29.3 Å². The standard InChI is InChI=1S/C22H25F3N4O4/c1-32-19-14-17(28-21(31)27-16-4-2-15(3-5-16)22(23,24)25)6-7-18(19)20(30)26-8-9-29-10-12-33-13-11-29/h2-7,14H,8-13H2,1H3,(H,26,30)(H2,27,28,31). The molecule has 0 atom stereocenters. The Morgan fingerprint density at radius 3 is 2.30 bits per heavy atom. The molecule has 1 aliphatic rings. The van der Waals surface area contributed by atoms with Crippen molar-refractivity contribution >= 4 is 23.3 Å². The number of benzene rings is 2. The van der Waals surface area contributed by atoms with E-state index in [2.05, 4.69) is 20.9 Å². The highest BCUT2D eigenvalue weighted by Gasteiger charge is 2.30. The van der Waals surface area contributed by atoms with Crippen molar-refractivity contribution in [3.05, 3.63) is 53.6 Å². The molecular weight excluding hydrogens is 441 g/mol. The van der Waals surface area contributed by atoms with Gasteiger partial charge in [-0.15, -0.1) is 0 Å². The molecule has 3 N–H and O–H groups in total. The van der Waals surface area contributed by atoms with E-state index in [1.54, 1.807) is 0 Å². The number of morpholine rings is 1. The van der Waals surface area contributed by atoms with Crippen molar-refractivity contribution in [2.75, 3.05) is 57.1 Å². The van der Waals surface area contributed by atoms with Crippen LogP contribution in [0.25, 0.3) is 0 Å². The Bertz CT molecular complexity index is 961. The lowest BCUT2D eigenvalue weighted by atomic mass is 10.1. The van der Waals surface area contributed by atoms with Crippen molar-refractivity contribution in [1.82, 2.24) is 10.2 Å². The predicted molar refractivity (Wildman–Crippen MR) is 117 cm³/mol. The van der Waals surface area contributed by atoms with Crippen LogP contribution in [0, 0.1) is 0 Å². The first-order chi connectivity index (χ1) is 15.8. The monoisotopic (exact) mass is 466 g/mol. The van der Waals surface area contributed by atoms with Crippen molar-refractivity contribution in [1.29, 1.82) is 0 Å². The maximum atomic E-state index is 12.6. The van der Waals surface area contributed by atoms with Gasteiger partial charge in [0.25, 0.3) is 5.91 Å². The summed E-state index contributed by atoms with van der Waals surface area (Å²) in [6.07, 6.45) is -4.45. The summed E-state index contributed by atoms with van der Waals surface area (Å²) in [4.78, 5) is 26.9. The van der Waals surface area contributed by atoms with Gasteiger partial charge in [-0.2, -0.15) is 13.2 Å². The van der Waals surface area contributed by atoms with Gasteiger partial charge in [0.05, 0.1) is 31.5 Å². The second-order valence-corrected chi connectivity index (χ2v) is 7.28. The van der Waals surface area contributed by atoms with E-state index in [0.29, 0.717) is 37.6 Å². The summed E-state index contributed by atoms with van der Waals surface area (Å²) in [5, 5.41) is 7.86. The highest BCUT2D eigenvalue weighted by molar-refractivity contribution is 6.01. The summed E-state index contributed by atoms with van der Waals surface area (Å²) < 4.78 is 48.5. The number of urea groups is 1. The van der Waals surface area contributed by atoms with Gasteiger partial charge in [0.1, 0.15) is 5.75 Å². The lowest BCUT2D eigenvalue weighted by molar-refractivity contribution is -0.137. The van der Waals surface area contributed by atoms with Gasteiger partial charge < -0.3 is 25.4 Å². The average molecular weight is 466 g/mol. The van der Waals surface area contributed by atoms with Gasteiger partial charge in [0.15, 0.2) is 0 Å². The number of ether oxygens (including phenoxy) is 2. The number of rotatable bonds is 7. The zero-order valence-corrected chi connectivity index (χ0v) is 18.0. The van der Waals surface area contributed by atoms with Gasteiger partial charge in [-0.3, -0.25) is 9.69 Å². The number of carbonyl (C=O) groups is 2. The number of nitrogens with zero attached hydrogens (tertiary/aromatic N) is 1. The minimum absolute atomic E-state index is 0.198. The number of nitrogens with one attached hydrogen (secondary N) is 3. The molecule has 0 unspecified atom stereocenters. The minimum atomic E-state index is -4.45. The molecule has 0 saturated carbocycles. The van der Waals surface area contributed by atoms with Crippen LogP contribution in [-0.2, 0) is 10.9 Å². The van der Waals surface area contributed by atoms with Crippen molar-refractivity contribution in [3.8, 4) is 5.75 Å².